The number of methoxy groups -OCH3 is 1. The van der Waals surface area contributed by atoms with Crippen molar-refractivity contribution in [1.82, 2.24) is 5.43 Å². The lowest BCUT2D eigenvalue weighted by Gasteiger charge is -2.35. The molecule has 18 heavy (non-hydrogen) atoms. The van der Waals surface area contributed by atoms with Gasteiger partial charge in [-0.05, 0) is 30.9 Å². The number of aryl methyl sites for hydroxylation is 1. The van der Waals surface area contributed by atoms with E-state index in [1.165, 1.54) is 17.5 Å². The zero-order chi connectivity index (χ0) is 13.6. The van der Waals surface area contributed by atoms with Crippen molar-refractivity contribution >= 4 is 0 Å². The predicted molar refractivity (Wildman–Crippen MR) is 76.2 cm³/mol. The van der Waals surface area contributed by atoms with Crippen molar-refractivity contribution in [2.45, 2.75) is 51.7 Å². The molecule has 0 saturated heterocycles. The molecule has 1 aromatic rings. The highest BCUT2D eigenvalue weighted by molar-refractivity contribution is 5.27. The van der Waals surface area contributed by atoms with E-state index in [0.717, 1.165) is 12.8 Å². The Balaban J connectivity index is 2.95. The summed E-state index contributed by atoms with van der Waals surface area (Å²) in [5.74, 6) is 5.71. The fourth-order valence-corrected chi connectivity index (χ4v) is 2.26. The summed E-state index contributed by atoms with van der Waals surface area (Å²) in [6.45, 7) is 6.38. The van der Waals surface area contributed by atoms with Crippen LogP contribution in [-0.2, 0) is 11.2 Å². The Morgan fingerprint density at radius 3 is 2.28 bits per heavy atom. The summed E-state index contributed by atoms with van der Waals surface area (Å²) in [7, 11) is 1.74. The van der Waals surface area contributed by atoms with Gasteiger partial charge in [-0.3, -0.25) is 11.3 Å². The predicted octanol–water partition coefficient (Wildman–Crippen LogP) is 2.96. The Bertz CT molecular complexity index is 344. The molecule has 0 aliphatic rings. The maximum Gasteiger partial charge on any atom is 0.0854 e. The maximum absolute atomic E-state index is 5.71. The zero-order valence-corrected chi connectivity index (χ0v) is 12.0. The Morgan fingerprint density at radius 1 is 1.28 bits per heavy atom. The van der Waals surface area contributed by atoms with E-state index in [9.17, 15) is 0 Å². The van der Waals surface area contributed by atoms with Crippen molar-refractivity contribution in [3.63, 3.8) is 0 Å². The van der Waals surface area contributed by atoms with Crippen LogP contribution >= 0.6 is 0 Å². The fraction of sp³-hybridized carbons (Fsp3) is 0.600. The molecule has 0 spiro atoms. The van der Waals surface area contributed by atoms with Crippen LogP contribution in [0.25, 0.3) is 0 Å². The zero-order valence-electron chi connectivity index (χ0n) is 12.0. The molecule has 0 fully saturated rings. The quantitative estimate of drug-likeness (QED) is 0.578. The number of nitrogens with one attached hydrogen (secondary N) is 1. The van der Waals surface area contributed by atoms with Crippen molar-refractivity contribution < 1.29 is 4.74 Å². The molecule has 2 unspecified atom stereocenters. The fourth-order valence-electron chi connectivity index (χ4n) is 2.26. The van der Waals surface area contributed by atoms with E-state index in [0.29, 0.717) is 0 Å². The Labute approximate surface area is 111 Å². The molecular formula is C15H26N2O. The number of benzene rings is 1. The average Bonchev–Trinajstić information content (AvgIpc) is 2.41. The third-order valence-corrected chi connectivity index (χ3v) is 3.80. The smallest absolute Gasteiger partial charge is 0.0854 e. The van der Waals surface area contributed by atoms with Crippen LogP contribution in [0.1, 0.15) is 50.8 Å². The molecule has 0 radical (unpaired) electrons. The summed E-state index contributed by atoms with van der Waals surface area (Å²) in [6.07, 6.45) is 3.19. The minimum atomic E-state index is -0.291. The second-order valence-electron chi connectivity index (χ2n) is 4.96. The molecule has 3 heteroatoms. The normalized spacial score (nSPS) is 16.3. The highest BCUT2D eigenvalue weighted by Crippen LogP contribution is 2.31. The molecule has 0 bridgehead atoms. The second kappa shape index (κ2) is 6.88. The minimum Gasteiger partial charge on any atom is -0.376 e. The average molecular weight is 250 g/mol. The molecule has 102 valence electrons. The Morgan fingerprint density at radius 2 is 1.89 bits per heavy atom. The molecule has 3 nitrogen and oxygen atoms in total. The molecule has 1 aromatic carbocycles. The molecule has 2 atom stereocenters. The van der Waals surface area contributed by atoms with E-state index in [1.54, 1.807) is 7.11 Å². The van der Waals surface area contributed by atoms with Gasteiger partial charge in [0, 0.05) is 7.11 Å². The molecule has 0 saturated carbocycles. The van der Waals surface area contributed by atoms with Gasteiger partial charge in [0.2, 0.25) is 0 Å². The standard InChI is InChI=1S/C15H26N2O/c1-5-7-12-8-10-13(11-9-12)14(17-16)15(3,6-2)18-4/h8-11,14,17H,5-7,16H2,1-4H3. The molecule has 0 amide bonds. The first-order chi connectivity index (χ1) is 8.61. The van der Waals surface area contributed by atoms with Crippen LogP contribution in [0, 0.1) is 0 Å². The van der Waals surface area contributed by atoms with Gasteiger partial charge in [0.15, 0.2) is 0 Å². The van der Waals surface area contributed by atoms with Gasteiger partial charge in [-0.1, -0.05) is 44.5 Å². The summed E-state index contributed by atoms with van der Waals surface area (Å²) in [5, 5.41) is 0. The van der Waals surface area contributed by atoms with E-state index in [2.05, 4.69) is 50.5 Å². The van der Waals surface area contributed by atoms with Crippen molar-refractivity contribution in [3.05, 3.63) is 35.4 Å². The third kappa shape index (κ3) is 3.31. The van der Waals surface area contributed by atoms with Crippen molar-refractivity contribution in [2.24, 2.45) is 5.84 Å². The van der Waals surface area contributed by atoms with E-state index in [1.807, 2.05) is 0 Å². The first-order valence-electron chi connectivity index (χ1n) is 6.71. The Kier molecular flexibility index (Phi) is 5.79. The van der Waals surface area contributed by atoms with E-state index in [-0.39, 0.29) is 11.6 Å². The first kappa shape index (κ1) is 15.2. The van der Waals surface area contributed by atoms with Gasteiger partial charge in [-0.25, -0.2) is 0 Å². The summed E-state index contributed by atoms with van der Waals surface area (Å²) < 4.78 is 5.63. The number of hydrazine groups is 1. The lowest BCUT2D eigenvalue weighted by atomic mass is 9.87. The number of hydrogen-bond donors (Lipinski definition) is 2. The summed E-state index contributed by atoms with van der Waals surface area (Å²) >= 11 is 0. The van der Waals surface area contributed by atoms with Crippen LogP contribution < -0.4 is 11.3 Å². The molecule has 1 rings (SSSR count). The van der Waals surface area contributed by atoms with Crippen LogP contribution in [0.15, 0.2) is 24.3 Å². The topological polar surface area (TPSA) is 47.3 Å². The van der Waals surface area contributed by atoms with Gasteiger partial charge in [0.25, 0.3) is 0 Å². The summed E-state index contributed by atoms with van der Waals surface area (Å²) in [4.78, 5) is 0. The minimum absolute atomic E-state index is 0.00294. The Hall–Kier alpha value is -0.900. The first-order valence-corrected chi connectivity index (χ1v) is 6.71. The highest BCUT2D eigenvalue weighted by atomic mass is 16.5. The summed E-state index contributed by atoms with van der Waals surface area (Å²) in [6, 6.07) is 8.64. The van der Waals surface area contributed by atoms with Crippen LogP contribution in [0.5, 0.6) is 0 Å². The van der Waals surface area contributed by atoms with Gasteiger partial charge in [-0.15, -0.1) is 0 Å². The van der Waals surface area contributed by atoms with Gasteiger partial charge >= 0.3 is 0 Å². The van der Waals surface area contributed by atoms with Crippen molar-refractivity contribution in [2.75, 3.05) is 7.11 Å². The van der Waals surface area contributed by atoms with Gasteiger partial charge < -0.3 is 4.74 Å². The van der Waals surface area contributed by atoms with E-state index >= 15 is 0 Å². The largest absolute Gasteiger partial charge is 0.376 e. The van der Waals surface area contributed by atoms with E-state index < -0.39 is 0 Å². The maximum atomic E-state index is 5.71. The molecule has 0 aromatic heterocycles. The lowest BCUT2D eigenvalue weighted by molar-refractivity contribution is -0.0300. The number of rotatable bonds is 7. The van der Waals surface area contributed by atoms with Crippen LogP contribution in [0.2, 0.25) is 0 Å². The molecule has 3 N–H and O–H groups in total. The summed E-state index contributed by atoms with van der Waals surface area (Å²) in [5.41, 5.74) is 5.13. The molecule has 0 aliphatic heterocycles. The lowest BCUT2D eigenvalue weighted by Crippen LogP contribution is -2.45. The number of hydrogen-bond acceptors (Lipinski definition) is 3. The van der Waals surface area contributed by atoms with Crippen LogP contribution in [0.4, 0.5) is 0 Å². The van der Waals surface area contributed by atoms with Gasteiger partial charge in [0.05, 0.1) is 11.6 Å². The van der Waals surface area contributed by atoms with Crippen LogP contribution in [0.3, 0.4) is 0 Å². The van der Waals surface area contributed by atoms with E-state index in [4.69, 9.17) is 10.6 Å². The highest BCUT2D eigenvalue weighted by Gasteiger charge is 2.32. The molecular weight excluding hydrogens is 224 g/mol. The molecule has 0 heterocycles. The van der Waals surface area contributed by atoms with Crippen molar-refractivity contribution in [1.29, 1.82) is 0 Å². The van der Waals surface area contributed by atoms with Crippen molar-refractivity contribution in [3.8, 4) is 0 Å². The van der Waals surface area contributed by atoms with Gasteiger partial charge in [0.1, 0.15) is 0 Å². The number of ether oxygens (including phenoxy) is 1. The monoisotopic (exact) mass is 250 g/mol. The van der Waals surface area contributed by atoms with Crippen LogP contribution in [-0.4, -0.2) is 12.7 Å². The SMILES string of the molecule is CCCc1ccc(C(NN)C(C)(CC)OC)cc1. The van der Waals surface area contributed by atoms with Gasteiger partial charge in [-0.2, -0.15) is 0 Å². The third-order valence-electron chi connectivity index (χ3n) is 3.80. The number of nitrogens with two attached hydrogens (primary N) is 1. The molecule has 0 aliphatic carbocycles. The second-order valence-corrected chi connectivity index (χ2v) is 4.96.